The van der Waals surface area contributed by atoms with E-state index in [0.717, 1.165) is 5.69 Å². The second kappa shape index (κ2) is 8.95. The molecule has 9 aromatic rings. The molecule has 0 saturated heterocycles. The molecule has 0 fully saturated rings. The van der Waals surface area contributed by atoms with E-state index in [0.29, 0.717) is 0 Å². The van der Waals surface area contributed by atoms with Crippen LogP contribution in [-0.2, 0) is 0 Å². The monoisotopic (exact) mass is 534 g/mol. The fraction of sp³-hybridized carbons (Fsp3) is 0. The first-order valence-electron chi connectivity index (χ1n) is 14.4. The van der Waals surface area contributed by atoms with E-state index < -0.39 is 0 Å². The molecule has 0 N–H and O–H groups in total. The van der Waals surface area contributed by atoms with Crippen molar-refractivity contribution in [3.8, 4) is 22.5 Å². The van der Waals surface area contributed by atoms with Crippen molar-refractivity contribution in [1.82, 2.24) is 9.13 Å². The van der Waals surface area contributed by atoms with Crippen LogP contribution >= 0.6 is 0 Å². The lowest BCUT2D eigenvalue weighted by molar-refractivity contribution is 1.17. The van der Waals surface area contributed by atoms with Crippen molar-refractivity contribution < 1.29 is 0 Å². The molecule has 0 radical (unpaired) electrons. The lowest BCUT2D eigenvalue weighted by Crippen LogP contribution is -1.96. The van der Waals surface area contributed by atoms with Gasteiger partial charge in [0.1, 0.15) is 0 Å². The molecule has 0 amide bonds. The second-order valence-corrected chi connectivity index (χ2v) is 11.0. The van der Waals surface area contributed by atoms with Gasteiger partial charge < -0.3 is 9.13 Å². The Hall–Kier alpha value is -5.60. The van der Waals surface area contributed by atoms with Crippen LogP contribution in [0.1, 0.15) is 0 Å². The summed E-state index contributed by atoms with van der Waals surface area (Å²) >= 11 is 0. The highest BCUT2D eigenvalue weighted by atomic mass is 15.0. The molecule has 0 aliphatic carbocycles. The largest absolute Gasteiger partial charge is 0.309 e. The average molecular weight is 535 g/mol. The number of aromatic nitrogens is 2. The summed E-state index contributed by atoms with van der Waals surface area (Å²) in [6, 6.07) is 57.3. The third-order valence-electron chi connectivity index (χ3n) is 8.67. The van der Waals surface area contributed by atoms with Crippen molar-refractivity contribution in [3.05, 3.63) is 158 Å². The lowest BCUT2D eigenvalue weighted by atomic mass is 10.1. The molecule has 2 heterocycles. The number of hydrogen-bond acceptors (Lipinski definition) is 0. The van der Waals surface area contributed by atoms with E-state index >= 15 is 0 Å². The number of para-hydroxylation sites is 2. The smallest absolute Gasteiger partial charge is 0.0562 e. The van der Waals surface area contributed by atoms with Gasteiger partial charge in [0.05, 0.1) is 22.1 Å². The SMILES string of the molecule is c1ccc(-c2cccc(-n3c4ccccc4c4cc5c6ccccc6n(-c6ccc7ccccc7c6)c5cc43)c2)cc1. The molecule has 0 spiro atoms. The summed E-state index contributed by atoms with van der Waals surface area (Å²) in [5.74, 6) is 0. The molecule has 2 nitrogen and oxygen atoms in total. The van der Waals surface area contributed by atoms with Gasteiger partial charge in [0.15, 0.2) is 0 Å². The van der Waals surface area contributed by atoms with E-state index in [1.165, 1.54) is 71.2 Å². The molecule has 0 atom stereocenters. The van der Waals surface area contributed by atoms with Gasteiger partial charge in [-0.2, -0.15) is 0 Å². The minimum Gasteiger partial charge on any atom is -0.309 e. The Balaban J connectivity index is 1.39. The highest BCUT2D eigenvalue weighted by Crippen LogP contribution is 2.40. The molecule has 2 heteroatoms. The van der Waals surface area contributed by atoms with E-state index in [2.05, 4.69) is 167 Å². The third kappa shape index (κ3) is 3.39. The van der Waals surface area contributed by atoms with E-state index in [1.54, 1.807) is 0 Å². The van der Waals surface area contributed by atoms with Gasteiger partial charge in [0.25, 0.3) is 0 Å². The molecular weight excluding hydrogens is 508 g/mol. The summed E-state index contributed by atoms with van der Waals surface area (Å²) in [6.45, 7) is 0. The van der Waals surface area contributed by atoms with Crippen molar-refractivity contribution in [3.63, 3.8) is 0 Å². The van der Waals surface area contributed by atoms with Crippen molar-refractivity contribution in [1.29, 1.82) is 0 Å². The van der Waals surface area contributed by atoms with Crippen LogP contribution in [-0.4, -0.2) is 9.13 Å². The van der Waals surface area contributed by atoms with Gasteiger partial charge in [-0.25, -0.2) is 0 Å². The third-order valence-corrected chi connectivity index (χ3v) is 8.67. The number of rotatable bonds is 3. The molecule has 2 aromatic heterocycles. The van der Waals surface area contributed by atoms with Crippen molar-refractivity contribution >= 4 is 54.4 Å². The topological polar surface area (TPSA) is 9.86 Å². The number of fused-ring (bicyclic) bond motifs is 7. The Morgan fingerprint density at radius 2 is 0.857 bits per heavy atom. The lowest BCUT2D eigenvalue weighted by Gasteiger charge is -2.12. The molecule has 9 rings (SSSR count). The average Bonchev–Trinajstić information content (AvgIpc) is 3.56. The summed E-state index contributed by atoms with van der Waals surface area (Å²) < 4.78 is 4.86. The first-order chi connectivity index (χ1) is 20.8. The summed E-state index contributed by atoms with van der Waals surface area (Å²) in [5, 5.41) is 7.57. The summed E-state index contributed by atoms with van der Waals surface area (Å²) in [4.78, 5) is 0. The molecule has 7 aromatic carbocycles. The molecule has 0 aliphatic heterocycles. The molecule has 0 saturated carbocycles. The first kappa shape index (κ1) is 23.1. The molecule has 0 unspecified atom stereocenters. The van der Waals surface area contributed by atoms with Crippen molar-refractivity contribution in [2.75, 3.05) is 0 Å². The van der Waals surface area contributed by atoms with Crippen LogP contribution in [0.5, 0.6) is 0 Å². The second-order valence-electron chi connectivity index (χ2n) is 11.0. The molecule has 0 bridgehead atoms. The molecular formula is C40H26N2. The maximum absolute atomic E-state index is 2.43. The molecule has 0 aliphatic rings. The Morgan fingerprint density at radius 3 is 1.57 bits per heavy atom. The number of hydrogen-bond donors (Lipinski definition) is 0. The van der Waals surface area contributed by atoms with Gasteiger partial charge in [-0.15, -0.1) is 0 Å². The van der Waals surface area contributed by atoms with E-state index in [-0.39, 0.29) is 0 Å². The van der Waals surface area contributed by atoms with Gasteiger partial charge in [-0.05, 0) is 70.4 Å². The van der Waals surface area contributed by atoms with Crippen LogP contribution in [0.4, 0.5) is 0 Å². The van der Waals surface area contributed by atoms with E-state index in [4.69, 9.17) is 0 Å². The number of benzene rings is 7. The minimum atomic E-state index is 1.16. The van der Waals surface area contributed by atoms with Crippen LogP contribution in [0.2, 0.25) is 0 Å². The maximum Gasteiger partial charge on any atom is 0.0562 e. The molecule has 196 valence electrons. The van der Waals surface area contributed by atoms with E-state index in [9.17, 15) is 0 Å². The Bertz CT molecular complexity index is 2460. The number of nitrogens with zero attached hydrogens (tertiary/aromatic N) is 2. The van der Waals surface area contributed by atoms with Crippen molar-refractivity contribution in [2.45, 2.75) is 0 Å². The zero-order valence-corrected chi connectivity index (χ0v) is 22.9. The Labute approximate surface area is 243 Å². The molecule has 42 heavy (non-hydrogen) atoms. The zero-order chi connectivity index (χ0) is 27.6. The highest BCUT2D eigenvalue weighted by molar-refractivity contribution is 6.19. The van der Waals surface area contributed by atoms with Gasteiger partial charge in [-0.1, -0.05) is 109 Å². The van der Waals surface area contributed by atoms with Crippen molar-refractivity contribution in [2.24, 2.45) is 0 Å². The van der Waals surface area contributed by atoms with Crippen LogP contribution in [0.25, 0.3) is 76.9 Å². The van der Waals surface area contributed by atoms with Gasteiger partial charge in [0, 0.05) is 32.9 Å². The fourth-order valence-electron chi connectivity index (χ4n) is 6.76. The van der Waals surface area contributed by atoms with Crippen LogP contribution < -0.4 is 0 Å². The summed E-state index contributed by atoms with van der Waals surface area (Å²) in [7, 11) is 0. The predicted molar refractivity (Wildman–Crippen MR) is 178 cm³/mol. The van der Waals surface area contributed by atoms with Crippen LogP contribution in [0.3, 0.4) is 0 Å². The highest BCUT2D eigenvalue weighted by Gasteiger charge is 2.18. The normalized spacial score (nSPS) is 11.8. The predicted octanol–water partition coefficient (Wildman–Crippen LogP) is 10.7. The standard InChI is InChI=1S/C40H26N2/c1-2-11-27(12-3-1)30-15-10-16-31(23-30)41-37-19-8-6-17-33(37)35-25-36-34-18-7-9-20-38(34)42(40(36)26-39(35)41)32-22-21-28-13-4-5-14-29(28)24-32/h1-26H. The van der Waals surface area contributed by atoms with Gasteiger partial charge >= 0.3 is 0 Å². The Kier molecular flexibility index (Phi) is 4.93. The summed E-state index contributed by atoms with van der Waals surface area (Å²) in [6.07, 6.45) is 0. The van der Waals surface area contributed by atoms with Crippen LogP contribution in [0, 0.1) is 0 Å². The minimum absolute atomic E-state index is 1.16. The zero-order valence-electron chi connectivity index (χ0n) is 22.9. The van der Waals surface area contributed by atoms with Gasteiger partial charge in [-0.3, -0.25) is 0 Å². The summed E-state index contributed by atoms with van der Waals surface area (Å²) in [5.41, 5.74) is 9.62. The fourth-order valence-corrected chi connectivity index (χ4v) is 6.76. The van der Waals surface area contributed by atoms with Gasteiger partial charge in [0.2, 0.25) is 0 Å². The maximum atomic E-state index is 2.43. The first-order valence-corrected chi connectivity index (χ1v) is 14.4. The van der Waals surface area contributed by atoms with Crippen LogP contribution in [0.15, 0.2) is 158 Å². The Morgan fingerprint density at radius 1 is 0.286 bits per heavy atom. The quantitative estimate of drug-likeness (QED) is 0.213. The van der Waals surface area contributed by atoms with E-state index in [1.807, 2.05) is 0 Å².